The zero-order valence-electron chi connectivity index (χ0n) is 13.1. The minimum Gasteiger partial charge on any atom is -0.378 e. The van der Waals surface area contributed by atoms with Crippen molar-refractivity contribution in [1.82, 2.24) is 0 Å². The zero-order valence-corrected chi connectivity index (χ0v) is 13.1. The maximum absolute atomic E-state index is 10.8. The van der Waals surface area contributed by atoms with E-state index in [1.54, 1.807) is 19.1 Å². The predicted octanol–water partition coefficient (Wildman–Crippen LogP) is 4.69. The molecule has 0 atom stereocenters. The van der Waals surface area contributed by atoms with E-state index in [1.165, 1.54) is 6.07 Å². The Morgan fingerprint density at radius 2 is 1.73 bits per heavy atom. The van der Waals surface area contributed by atoms with Crippen molar-refractivity contribution < 1.29 is 4.92 Å². The van der Waals surface area contributed by atoms with Crippen molar-refractivity contribution in [2.45, 2.75) is 13.8 Å². The van der Waals surface area contributed by atoms with E-state index in [9.17, 15) is 10.1 Å². The summed E-state index contributed by atoms with van der Waals surface area (Å²) < 4.78 is 0. The molecule has 0 bridgehead atoms. The van der Waals surface area contributed by atoms with Crippen LogP contribution in [-0.2, 0) is 0 Å². The molecule has 2 aromatic rings. The lowest BCUT2D eigenvalue weighted by Crippen LogP contribution is -2.08. The van der Waals surface area contributed by atoms with Gasteiger partial charge in [-0.2, -0.15) is 10.2 Å². The third-order valence-corrected chi connectivity index (χ3v) is 3.35. The van der Waals surface area contributed by atoms with Gasteiger partial charge in [0.1, 0.15) is 0 Å². The van der Waals surface area contributed by atoms with Crippen LogP contribution in [0.25, 0.3) is 0 Å². The van der Waals surface area contributed by atoms with Crippen molar-refractivity contribution in [1.29, 1.82) is 0 Å². The standard InChI is InChI=1S/C16H18N4O2/c1-11-10-14(19(3)4)6-7-15(11)18-17-13-5-8-16(20(21)22)12(2)9-13/h5-10H,1-4H3. The summed E-state index contributed by atoms with van der Waals surface area (Å²) in [6.45, 7) is 3.66. The molecular formula is C16H18N4O2. The molecule has 0 fully saturated rings. The van der Waals surface area contributed by atoms with Gasteiger partial charge in [0.25, 0.3) is 5.69 Å². The summed E-state index contributed by atoms with van der Waals surface area (Å²) in [6, 6.07) is 10.6. The molecular weight excluding hydrogens is 280 g/mol. The predicted molar refractivity (Wildman–Crippen MR) is 87.5 cm³/mol. The number of nitro groups is 1. The highest BCUT2D eigenvalue weighted by atomic mass is 16.6. The average Bonchev–Trinajstić information content (AvgIpc) is 2.45. The van der Waals surface area contributed by atoms with Crippen LogP contribution >= 0.6 is 0 Å². The lowest BCUT2D eigenvalue weighted by Gasteiger charge is -2.13. The first-order valence-corrected chi connectivity index (χ1v) is 6.83. The highest BCUT2D eigenvalue weighted by molar-refractivity contribution is 5.57. The minimum atomic E-state index is -0.402. The van der Waals surface area contributed by atoms with E-state index >= 15 is 0 Å². The van der Waals surface area contributed by atoms with Gasteiger partial charge >= 0.3 is 0 Å². The molecule has 2 aromatic carbocycles. The van der Waals surface area contributed by atoms with Crippen LogP contribution in [0.3, 0.4) is 0 Å². The summed E-state index contributed by atoms with van der Waals surface area (Å²) in [5.41, 5.74) is 4.16. The zero-order chi connectivity index (χ0) is 16.3. The number of rotatable bonds is 4. The topological polar surface area (TPSA) is 71.1 Å². The summed E-state index contributed by atoms with van der Waals surface area (Å²) in [5.74, 6) is 0. The van der Waals surface area contributed by atoms with Gasteiger partial charge in [0.05, 0.1) is 16.3 Å². The molecule has 22 heavy (non-hydrogen) atoms. The molecule has 0 saturated heterocycles. The van der Waals surface area contributed by atoms with Crippen molar-refractivity contribution >= 4 is 22.7 Å². The molecule has 6 nitrogen and oxygen atoms in total. The summed E-state index contributed by atoms with van der Waals surface area (Å²) in [6.07, 6.45) is 0. The lowest BCUT2D eigenvalue weighted by molar-refractivity contribution is -0.385. The monoisotopic (exact) mass is 298 g/mol. The van der Waals surface area contributed by atoms with Gasteiger partial charge in [-0.1, -0.05) is 0 Å². The SMILES string of the molecule is Cc1cc(N(C)C)ccc1N=Nc1ccc([N+](=O)[O-])c(C)c1. The molecule has 0 spiro atoms. The molecule has 0 radical (unpaired) electrons. The van der Waals surface area contributed by atoms with Crippen LogP contribution in [0.5, 0.6) is 0 Å². The maximum atomic E-state index is 10.8. The van der Waals surface area contributed by atoms with Crippen molar-refractivity contribution in [3.63, 3.8) is 0 Å². The van der Waals surface area contributed by atoms with Gasteiger partial charge in [0.2, 0.25) is 0 Å². The fourth-order valence-electron chi connectivity index (χ4n) is 2.05. The number of benzene rings is 2. The highest BCUT2D eigenvalue weighted by Crippen LogP contribution is 2.28. The summed E-state index contributed by atoms with van der Waals surface area (Å²) >= 11 is 0. The van der Waals surface area contributed by atoms with Crippen molar-refractivity contribution in [3.05, 3.63) is 57.6 Å². The Hall–Kier alpha value is -2.76. The molecule has 0 aromatic heterocycles. The quantitative estimate of drug-likeness (QED) is 0.467. The molecule has 0 aliphatic heterocycles. The molecule has 0 saturated carbocycles. The Morgan fingerprint density at radius 1 is 1.00 bits per heavy atom. The van der Waals surface area contributed by atoms with Crippen molar-refractivity contribution in [2.24, 2.45) is 10.2 Å². The Morgan fingerprint density at radius 3 is 2.27 bits per heavy atom. The van der Waals surface area contributed by atoms with Crippen molar-refractivity contribution in [2.75, 3.05) is 19.0 Å². The molecule has 0 amide bonds. The molecule has 2 rings (SSSR count). The van der Waals surface area contributed by atoms with Crippen LogP contribution in [0.1, 0.15) is 11.1 Å². The van der Waals surface area contributed by atoms with Gasteiger partial charge in [-0.05, 0) is 49.7 Å². The van der Waals surface area contributed by atoms with E-state index in [4.69, 9.17) is 0 Å². The smallest absolute Gasteiger partial charge is 0.272 e. The van der Waals surface area contributed by atoms with E-state index in [0.29, 0.717) is 11.3 Å². The van der Waals surface area contributed by atoms with E-state index < -0.39 is 4.92 Å². The van der Waals surface area contributed by atoms with Crippen LogP contribution in [0.2, 0.25) is 0 Å². The molecule has 0 unspecified atom stereocenters. The molecule has 6 heteroatoms. The van der Waals surface area contributed by atoms with Gasteiger partial charge in [-0.3, -0.25) is 10.1 Å². The lowest BCUT2D eigenvalue weighted by atomic mass is 10.2. The molecule has 0 aliphatic rings. The maximum Gasteiger partial charge on any atom is 0.272 e. The van der Waals surface area contributed by atoms with Crippen LogP contribution < -0.4 is 4.90 Å². The second kappa shape index (κ2) is 6.34. The second-order valence-corrected chi connectivity index (χ2v) is 5.29. The first-order chi connectivity index (χ1) is 10.4. The van der Waals surface area contributed by atoms with Crippen LogP contribution in [-0.4, -0.2) is 19.0 Å². The first kappa shape index (κ1) is 15.6. The Labute approximate surface area is 129 Å². The number of nitro benzene ring substituents is 1. The number of aryl methyl sites for hydroxylation is 2. The number of nitrogens with zero attached hydrogens (tertiary/aromatic N) is 4. The van der Waals surface area contributed by atoms with Gasteiger partial charge in [-0.25, -0.2) is 0 Å². The molecule has 0 heterocycles. The average molecular weight is 298 g/mol. The summed E-state index contributed by atoms with van der Waals surface area (Å²) in [4.78, 5) is 12.4. The van der Waals surface area contributed by atoms with Crippen molar-refractivity contribution in [3.8, 4) is 0 Å². The Kier molecular flexibility index (Phi) is 4.50. The number of anilines is 1. The van der Waals surface area contributed by atoms with E-state index in [2.05, 4.69) is 10.2 Å². The van der Waals surface area contributed by atoms with Gasteiger partial charge in [0.15, 0.2) is 0 Å². The van der Waals surface area contributed by atoms with Crippen LogP contribution in [0, 0.1) is 24.0 Å². The Bertz CT molecular complexity index is 739. The number of azo groups is 1. The molecule has 0 N–H and O–H groups in total. The fraction of sp³-hybridized carbons (Fsp3) is 0.250. The molecule has 114 valence electrons. The van der Waals surface area contributed by atoms with Gasteiger partial charge < -0.3 is 4.90 Å². The molecule has 0 aliphatic carbocycles. The second-order valence-electron chi connectivity index (χ2n) is 5.29. The normalized spacial score (nSPS) is 10.9. The minimum absolute atomic E-state index is 0.0884. The first-order valence-electron chi connectivity index (χ1n) is 6.83. The largest absolute Gasteiger partial charge is 0.378 e. The van der Waals surface area contributed by atoms with Crippen LogP contribution in [0.4, 0.5) is 22.7 Å². The van der Waals surface area contributed by atoms with E-state index in [0.717, 1.165) is 16.9 Å². The number of hydrogen-bond donors (Lipinski definition) is 0. The third-order valence-electron chi connectivity index (χ3n) is 3.35. The van der Waals surface area contributed by atoms with Gasteiger partial charge in [-0.15, -0.1) is 0 Å². The third kappa shape index (κ3) is 3.46. The summed E-state index contributed by atoms with van der Waals surface area (Å²) in [5, 5.41) is 19.2. The fourth-order valence-corrected chi connectivity index (χ4v) is 2.05. The number of hydrogen-bond acceptors (Lipinski definition) is 5. The van der Waals surface area contributed by atoms with Crippen LogP contribution in [0.15, 0.2) is 46.6 Å². The Balaban J connectivity index is 2.25. The highest BCUT2D eigenvalue weighted by Gasteiger charge is 2.09. The summed E-state index contributed by atoms with van der Waals surface area (Å²) in [7, 11) is 3.96. The van der Waals surface area contributed by atoms with E-state index in [-0.39, 0.29) is 5.69 Å². The van der Waals surface area contributed by atoms with E-state index in [1.807, 2.05) is 44.1 Å². The van der Waals surface area contributed by atoms with Gasteiger partial charge in [0, 0.05) is 31.4 Å².